The molecule has 0 spiro atoms. The quantitative estimate of drug-likeness (QED) is 0.732. The van der Waals surface area contributed by atoms with Crippen LogP contribution in [0.15, 0.2) is 46.1 Å². The van der Waals surface area contributed by atoms with Gasteiger partial charge in [0.15, 0.2) is 0 Å². The molecule has 0 radical (unpaired) electrons. The molecule has 3 aromatic rings. The van der Waals surface area contributed by atoms with Gasteiger partial charge in [-0.15, -0.1) is 0 Å². The van der Waals surface area contributed by atoms with Crippen LogP contribution in [0.4, 0.5) is 0 Å². The molecule has 2 N–H and O–H groups in total. The number of pyridine rings is 1. The Morgan fingerprint density at radius 1 is 1.18 bits per heavy atom. The third-order valence-corrected chi connectivity index (χ3v) is 5.63. The van der Waals surface area contributed by atoms with E-state index < -0.39 is 11.2 Å². The molecule has 1 atom stereocenters. The lowest BCUT2D eigenvalue weighted by molar-refractivity contribution is 0.0932. The summed E-state index contributed by atoms with van der Waals surface area (Å²) in [4.78, 5) is 43.9. The number of amides is 1. The number of nitrogens with one attached hydrogen (secondary N) is 2. The SMILES string of the molecule is O=C(NC1CCCc2ccccc21)c1cnc2c(c1)c(=O)[nH]c(=O)n2C1CC1. The summed E-state index contributed by atoms with van der Waals surface area (Å²) in [7, 11) is 0. The summed E-state index contributed by atoms with van der Waals surface area (Å²) >= 11 is 0. The zero-order valence-corrected chi connectivity index (χ0v) is 15.3. The van der Waals surface area contributed by atoms with Crippen LogP contribution in [0.3, 0.4) is 0 Å². The van der Waals surface area contributed by atoms with Crippen molar-refractivity contribution in [3.8, 4) is 0 Å². The molecule has 1 unspecified atom stereocenters. The Hall–Kier alpha value is -3.22. The topological polar surface area (TPSA) is 96.8 Å². The average molecular weight is 376 g/mol. The molecule has 2 aliphatic rings. The number of carbonyl (C=O) groups excluding carboxylic acids is 1. The molecule has 2 heterocycles. The molecule has 1 amide bonds. The summed E-state index contributed by atoms with van der Waals surface area (Å²) in [6.45, 7) is 0. The first-order chi connectivity index (χ1) is 13.6. The predicted octanol–water partition coefficient (Wildman–Crippen LogP) is 2.23. The number of fused-ring (bicyclic) bond motifs is 2. The minimum atomic E-state index is -0.512. The maximum atomic E-state index is 12.8. The van der Waals surface area contributed by atoms with Gasteiger partial charge in [-0.2, -0.15) is 0 Å². The molecule has 7 nitrogen and oxygen atoms in total. The average Bonchev–Trinajstić information content (AvgIpc) is 3.53. The van der Waals surface area contributed by atoms with Gasteiger partial charge in [0.05, 0.1) is 17.0 Å². The van der Waals surface area contributed by atoms with Crippen LogP contribution in [-0.2, 0) is 6.42 Å². The van der Waals surface area contributed by atoms with E-state index in [9.17, 15) is 14.4 Å². The van der Waals surface area contributed by atoms with Crippen LogP contribution in [0.1, 0.15) is 59.3 Å². The van der Waals surface area contributed by atoms with Crippen LogP contribution in [0.25, 0.3) is 11.0 Å². The molecule has 5 rings (SSSR count). The monoisotopic (exact) mass is 376 g/mol. The van der Waals surface area contributed by atoms with Crippen molar-refractivity contribution < 1.29 is 4.79 Å². The lowest BCUT2D eigenvalue weighted by Crippen LogP contribution is -2.32. The van der Waals surface area contributed by atoms with Crippen molar-refractivity contribution in [3.63, 3.8) is 0 Å². The predicted molar refractivity (Wildman–Crippen MR) is 104 cm³/mol. The summed E-state index contributed by atoms with van der Waals surface area (Å²) in [6, 6.07) is 9.71. The highest BCUT2D eigenvalue weighted by molar-refractivity contribution is 5.97. The Morgan fingerprint density at radius 2 is 2.00 bits per heavy atom. The summed E-state index contributed by atoms with van der Waals surface area (Å²) in [5.41, 5.74) is 2.13. The van der Waals surface area contributed by atoms with Crippen molar-refractivity contribution in [2.45, 2.75) is 44.2 Å². The molecule has 1 aromatic carbocycles. The van der Waals surface area contributed by atoms with Crippen molar-refractivity contribution in [1.29, 1.82) is 0 Å². The first-order valence-corrected chi connectivity index (χ1v) is 9.65. The second kappa shape index (κ2) is 6.44. The van der Waals surface area contributed by atoms with E-state index in [2.05, 4.69) is 27.4 Å². The molecule has 1 saturated carbocycles. The Balaban J connectivity index is 1.49. The number of nitrogens with zero attached hydrogens (tertiary/aromatic N) is 2. The van der Waals surface area contributed by atoms with Crippen molar-refractivity contribution in [1.82, 2.24) is 19.9 Å². The van der Waals surface area contributed by atoms with E-state index in [1.807, 2.05) is 12.1 Å². The van der Waals surface area contributed by atoms with Gasteiger partial charge < -0.3 is 5.32 Å². The minimum absolute atomic E-state index is 0.0492. The number of hydrogen-bond donors (Lipinski definition) is 2. The van der Waals surface area contributed by atoms with Crippen molar-refractivity contribution in [2.75, 3.05) is 0 Å². The number of rotatable bonds is 3. The number of aromatic nitrogens is 3. The molecule has 142 valence electrons. The van der Waals surface area contributed by atoms with Gasteiger partial charge in [0.2, 0.25) is 0 Å². The van der Waals surface area contributed by atoms with Crippen LogP contribution in [0.5, 0.6) is 0 Å². The number of aromatic amines is 1. The molecular weight excluding hydrogens is 356 g/mol. The van der Waals surface area contributed by atoms with E-state index in [0.29, 0.717) is 11.2 Å². The second-order valence-electron chi connectivity index (χ2n) is 7.57. The van der Waals surface area contributed by atoms with Gasteiger partial charge in [-0.05, 0) is 49.3 Å². The lowest BCUT2D eigenvalue weighted by Gasteiger charge is -2.26. The summed E-state index contributed by atoms with van der Waals surface area (Å²) in [5, 5.41) is 3.34. The molecule has 0 bridgehead atoms. The Labute approximate surface area is 160 Å². The minimum Gasteiger partial charge on any atom is -0.345 e. The first-order valence-electron chi connectivity index (χ1n) is 9.65. The maximum Gasteiger partial charge on any atom is 0.330 e. The van der Waals surface area contributed by atoms with E-state index in [-0.39, 0.29) is 23.4 Å². The molecule has 0 aliphatic heterocycles. The van der Waals surface area contributed by atoms with Crippen molar-refractivity contribution in [2.24, 2.45) is 0 Å². The van der Waals surface area contributed by atoms with Crippen LogP contribution < -0.4 is 16.6 Å². The highest BCUT2D eigenvalue weighted by atomic mass is 16.2. The molecule has 0 saturated heterocycles. The van der Waals surface area contributed by atoms with Crippen molar-refractivity contribution in [3.05, 3.63) is 74.1 Å². The highest BCUT2D eigenvalue weighted by Gasteiger charge is 2.28. The normalized spacial score (nSPS) is 18.6. The fourth-order valence-electron chi connectivity index (χ4n) is 4.08. The Bertz CT molecular complexity index is 1210. The van der Waals surface area contributed by atoms with E-state index >= 15 is 0 Å². The number of hydrogen-bond acceptors (Lipinski definition) is 4. The standard InChI is InChI=1S/C21H20N4O3/c26-19(23-17-7-3-5-12-4-1-2-6-15(12)17)13-10-16-18(22-11-13)25(14-8-9-14)21(28)24-20(16)27/h1-2,4,6,10-11,14,17H,3,5,7-9H2,(H,23,26)(H,24,27,28). The third kappa shape index (κ3) is 2.83. The van der Waals surface area contributed by atoms with Gasteiger partial charge in [0.1, 0.15) is 5.65 Å². The summed E-state index contributed by atoms with van der Waals surface area (Å²) < 4.78 is 1.52. The number of benzene rings is 1. The maximum absolute atomic E-state index is 12.8. The molecule has 28 heavy (non-hydrogen) atoms. The van der Waals surface area contributed by atoms with E-state index in [0.717, 1.165) is 37.7 Å². The second-order valence-corrected chi connectivity index (χ2v) is 7.57. The largest absolute Gasteiger partial charge is 0.345 e. The fraction of sp³-hybridized carbons (Fsp3) is 0.333. The van der Waals surface area contributed by atoms with E-state index in [1.54, 1.807) is 0 Å². The Morgan fingerprint density at radius 3 is 2.82 bits per heavy atom. The van der Waals surface area contributed by atoms with Crippen LogP contribution in [-0.4, -0.2) is 20.4 Å². The van der Waals surface area contributed by atoms with Gasteiger partial charge >= 0.3 is 5.69 Å². The molecule has 2 aromatic heterocycles. The van der Waals surface area contributed by atoms with E-state index in [1.165, 1.54) is 22.4 Å². The summed E-state index contributed by atoms with van der Waals surface area (Å²) in [6.07, 6.45) is 6.16. The first kappa shape index (κ1) is 16.9. The van der Waals surface area contributed by atoms with Gasteiger partial charge in [-0.3, -0.25) is 19.1 Å². The van der Waals surface area contributed by atoms with Crippen LogP contribution >= 0.6 is 0 Å². The molecule has 2 aliphatic carbocycles. The zero-order valence-electron chi connectivity index (χ0n) is 15.3. The smallest absolute Gasteiger partial charge is 0.330 e. The van der Waals surface area contributed by atoms with Gasteiger partial charge in [0, 0.05) is 12.2 Å². The number of H-pyrrole nitrogens is 1. The summed E-state index contributed by atoms with van der Waals surface area (Å²) in [5.74, 6) is -0.264. The number of carbonyl (C=O) groups is 1. The number of aryl methyl sites for hydroxylation is 1. The molecular formula is C21H20N4O3. The van der Waals surface area contributed by atoms with Crippen LogP contribution in [0.2, 0.25) is 0 Å². The van der Waals surface area contributed by atoms with Crippen LogP contribution in [0, 0.1) is 0 Å². The fourth-order valence-corrected chi connectivity index (χ4v) is 4.08. The van der Waals surface area contributed by atoms with Gasteiger partial charge in [-0.1, -0.05) is 24.3 Å². The van der Waals surface area contributed by atoms with E-state index in [4.69, 9.17) is 0 Å². The third-order valence-electron chi connectivity index (χ3n) is 5.63. The zero-order chi connectivity index (χ0) is 19.3. The van der Waals surface area contributed by atoms with Gasteiger partial charge in [-0.25, -0.2) is 9.78 Å². The molecule has 1 fully saturated rings. The Kier molecular flexibility index (Phi) is 3.89. The highest BCUT2D eigenvalue weighted by Crippen LogP contribution is 2.34. The van der Waals surface area contributed by atoms with Gasteiger partial charge in [0.25, 0.3) is 11.5 Å². The van der Waals surface area contributed by atoms with Crippen molar-refractivity contribution >= 4 is 16.9 Å². The molecule has 7 heteroatoms. The lowest BCUT2D eigenvalue weighted by atomic mass is 9.87.